The van der Waals surface area contributed by atoms with E-state index in [2.05, 4.69) is 49.2 Å². The van der Waals surface area contributed by atoms with Crippen LogP contribution in [-0.4, -0.2) is 12.8 Å². The van der Waals surface area contributed by atoms with Crippen LogP contribution in [0, 0.1) is 13.8 Å². The van der Waals surface area contributed by atoms with Crippen molar-refractivity contribution in [2.45, 2.75) is 20.5 Å². The van der Waals surface area contributed by atoms with Crippen LogP contribution in [0.15, 0.2) is 53.5 Å². The zero-order valence-electron chi connectivity index (χ0n) is 11.5. The number of aliphatic imine (C=N–C) groups is 1. The number of hydrogen-bond donors (Lipinski definition) is 0. The van der Waals surface area contributed by atoms with Crippen LogP contribution >= 0.6 is 0 Å². The molecule has 0 aliphatic heterocycles. The van der Waals surface area contributed by atoms with Crippen LogP contribution in [0.25, 0.3) is 0 Å². The predicted octanol–water partition coefficient (Wildman–Crippen LogP) is 4.22. The summed E-state index contributed by atoms with van der Waals surface area (Å²) in [5.41, 5.74) is 4.62. The molecule has 0 saturated heterocycles. The van der Waals surface area contributed by atoms with E-state index in [-0.39, 0.29) is 0 Å². The van der Waals surface area contributed by atoms with Crippen molar-refractivity contribution >= 4 is 11.9 Å². The van der Waals surface area contributed by atoms with E-state index in [9.17, 15) is 0 Å². The average Bonchev–Trinajstić information content (AvgIpc) is 2.42. The lowest BCUT2D eigenvalue weighted by Gasteiger charge is -2.04. The second-order valence-corrected chi connectivity index (χ2v) is 4.55. The Bertz CT molecular complexity index is 526. The van der Waals surface area contributed by atoms with Gasteiger partial charge in [-0.15, -0.1) is 0 Å². The second-order valence-electron chi connectivity index (χ2n) is 4.55. The SMILES string of the molecule is Cc1cccc(C)c1N=CCOCc1ccccc1. The largest absolute Gasteiger partial charge is 0.371 e. The van der Waals surface area contributed by atoms with E-state index in [1.54, 1.807) is 0 Å². The van der Waals surface area contributed by atoms with Crippen LogP contribution in [0.3, 0.4) is 0 Å². The molecule has 0 amide bonds. The molecule has 0 aliphatic carbocycles. The quantitative estimate of drug-likeness (QED) is 0.577. The molecule has 0 bridgehead atoms. The third-order valence-corrected chi connectivity index (χ3v) is 2.96. The van der Waals surface area contributed by atoms with Crippen molar-refractivity contribution < 1.29 is 4.74 Å². The summed E-state index contributed by atoms with van der Waals surface area (Å²) >= 11 is 0. The van der Waals surface area contributed by atoms with Gasteiger partial charge in [0.15, 0.2) is 0 Å². The van der Waals surface area contributed by atoms with Crippen molar-refractivity contribution in [3.63, 3.8) is 0 Å². The summed E-state index contributed by atoms with van der Waals surface area (Å²) in [6.07, 6.45) is 1.83. The molecule has 0 heterocycles. The number of aryl methyl sites for hydroxylation is 2. The first-order chi connectivity index (χ1) is 9.27. The van der Waals surface area contributed by atoms with Gasteiger partial charge in [-0.1, -0.05) is 48.5 Å². The molecule has 0 aromatic heterocycles. The first-order valence-electron chi connectivity index (χ1n) is 6.48. The Morgan fingerprint density at radius 1 is 0.947 bits per heavy atom. The highest BCUT2D eigenvalue weighted by Crippen LogP contribution is 2.22. The minimum atomic E-state index is 0.530. The number of rotatable bonds is 5. The van der Waals surface area contributed by atoms with Gasteiger partial charge in [0.2, 0.25) is 0 Å². The summed E-state index contributed by atoms with van der Waals surface area (Å²) in [6.45, 7) is 5.30. The number of benzene rings is 2. The Morgan fingerprint density at radius 2 is 1.63 bits per heavy atom. The van der Waals surface area contributed by atoms with Gasteiger partial charge in [0.1, 0.15) is 0 Å². The number of nitrogens with zero attached hydrogens (tertiary/aromatic N) is 1. The van der Waals surface area contributed by atoms with Crippen molar-refractivity contribution in [1.82, 2.24) is 0 Å². The summed E-state index contributed by atoms with van der Waals surface area (Å²) in [6, 6.07) is 16.4. The van der Waals surface area contributed by atoms with Crippen molar-refractivity contribution in [2.24, 2.45) is 4.99 Å². The standard InChI is InChI=1S/C17H19NO/c1-14-7-6-8-15(2)17(14)18-11-12-19-13-16-9-4-3-5-10-16/h3-11H,12-13H2,1-2H3. The van der Waals surface area contributed by atoms with Crippen LogP contribution in [0.1, 0.15) is 16.7 Å². The lowest BCUT2D eigenvalue weighted by molar-refractivity contribution is 0.160. The maximum absolute atomic E-state index is 5.57. The molecule has 19 heavy (non-hydrogen) atoms. The van der Waals surface area contributed by atoms with E-state index < -0.39 is 0 Å². The summed E-state index contributed by atoms with van der Waals surface area (Å²) in [4.78, 5) is 4.49. The van der Waals surface area contributed by atoms with Gasteiger partial charge in [-0.05, 0) is 30.5 Å². The molecule has 0 unspecified atom stereocenters. The van der Waals surface area contributed by atoms with Crippen LogP contribution in [-0.2, 0) is 11.3 Å². The van der Waals surface area contributed by atoms with Crippen LogP contribution in [0.2, 0.25) is 0 Å². The van der Waals surface area contributed by atoms with Crippen molar-refractivity contribution in [3.05, 3.63) is 65.2 Å². The van der Waals surface area contributed by atoms with Gasteiger partial charge >= 0.3 is 0 Å². The Labute approximate surface area is 114 Å². The zero-order valence-corrected chi connectivity index (χ0v) is 11.5. The van der Waals surface area contributed by atoms with Gasteiger partial charge in [-0.3, -0.25) is 4.99 Å². The van der Waals surface area contributed by atoms with E-state index in [4.69, 9.17) is 4.74 Å². The van der Waals surface area contributed by atoms with E-state index in [1.807, 2.05) is 24.4 Å². The Hall–Kier alpha value is -1.93. The zero-order chi connectivity index (χ0) is 13.5. The minimum absolute atomic E-state index is 0.530. The molecule has 0 aliphatic rings. The molecule has 98 valence electrons. The Kier molecular flexibility index (Phi) is 4.87. The lowest BCUT2D eigenvalue weighted by Crippen LogP contribution is -1.96. The molecule has 0 atom stereocenters. The topological polar surface area (TPSA) is 21.6 Å². The molecule has 2 rings (SSSR count). The molecule has 0 radical (unpaired) electrons. The van der Waals surface area contributed by atoms with E-state index >= 15 is 0 Å². The van der Waals surface area contributed by atoms with Crippen LogP contribution in [0.5, 0.6) is 0 Å². The van der Waals surface area contributed by atoms with Gasteiger partial charge in [0, 0.05) is 6.21 Å². The second kappa shape index (κ2) is 6.86. The molecular formula is C17H19NO. The van der Waals surface area contributed by atoms with Gasteiger partial charge in [0.05, 0.1) is 18.9 Å². The molecule has 0 spiro atoms. The highest BCUT2D eigenvalue weighted by molar-refractivity contribution is 5.67. The van der Waals surface area contributed by atoms with Gasteiger partial charge in [-0.2, -0.15) is 0 Å². The molecule has 2 aromatic rings. The maximum Gasteiger partial charge on any atom is 0.0823 e. The third-order valence-electron chi connectivity index (χ3n) is 2.96. The summed E-state index contributed by atoms with van der Waals surface area (Å²) in [7, 11) is 0. The van der Waals surface area contributed by atoms with Crippen molar-refractivity contribution in [1.29, 1.82) is 0 Å². The molecule has 0 saturated carbocycles. The van der Waals surface area contributed by atoms with E-state index in [0.29, 0.717) is 13.2 Å². The van der Waals surface area contributed by atoms with E-state index in [1.165, 1.54) is 16.7 Å². The Balaban J connectivity index is 1.84. The highest BCUT2D eigenvalue weighted by atomic mass is 16.5. The summed E-state index contributed by atoms with van der Waals surface area (Å²) in [5.74, 6) is 0. The highest BCUT2D eigenvalue weighted by Gasteiger charge is 1.98. The first-order valence-corrected chi connectivity index (χ1v) is 6.48. The van der Waals surface area contributed by atoms with Crippen LogP contribution < -0.4 is 0 Å². The van der Waals surface area contributed by atoms with Crippen molar-refractivity contribution in [3.8, 4) is 0 Å². The third kappa shape index (κ3) is 4.04. The first kappa shape index (κ1) is 13.5. The van der Waals surface area contributed by atoms with E-state index in [0.717, 1.165) is 5.69 Å². The fourth-order valence-corrected chi connectivity index (χ4v) is 1.94. The number of ether oxygens (including phenoxy) is 1. The van der Waals surface area contributed by atoms with Gasteiger partial charge in [0.25, 0.3) is 0 Å². The van der Waals surface area contributed by atoms with Gasteiger partial charge in [-0.25, -0.2) is 0 Å². The monoisotopic (exact) mass is 253 g/mol. The molecule has 2 heteroatoms. The predicted molar refractivity (Wildman–Crippen MR) is 80.2 cm³/mol. The number of para-hydroxylation sites is 1. The van der Waals surface area contributed by atoms with Gasteiger partial charge < -0.3 is 4.74 Å². The molecule has 0 fully saturated rings. The van der Waals surface area contributed by atoms with Crippen molar-refractivity contribution in [2.75, 3.05) is 6.61 Å². The van der Waals surface area contributed by atoms with Crippen LogP contribution in [0.4, 0.5) is 5.69 Å². The summed E-state index contributed by atoms with van der Waals surface area (Å²) in [5, 5.41) is 0. The fourth-order valence-electron chi connectivity index (χ4n) is 1.94. The molecular weight excluding hydrogens is 234 g/mol. The maximum atomic E-state index is 5.57. The Morgan fingerprint density at radius 3 is 2.32 bits per heavy atom. The molecule has 2 nitrogen and oxygen atoms in total. The minimum Gasteiger partial charge on any atom is -0.371 e. The normalized spacial score (nSPS) is 11.1. The number of hydrogen-bond acceptors (Lipinski definition) is 2. The fraction of sp³-hybridized carbons (Fsp3) is 0.235. The summed E-state index contributed by atoms with van der Waals surface area (Å²) < 4.78 is 5.57. The smallest absolute Gasteiger partial charge is 0.0823 e. The lowest BCUT2D eigenvalue weighted by atomic mass is 10.1. The molecule has 0 N–H and O–H groups in total. The molecule has 2 aromatic carbocycles. The average molecular weight is 253 g/mol.